The van der Waals surface area contributed by atoms with Gasteiger partial charge in [-0.2, -0.15) is 0 Å². The normalized spacial score (nSPS) is 10.4. The van der Waals surface area contributed by atoms with Crippen LogP contribution in [0.5, 0.6) is 0 Å². The van der Waals surface area contributed by atoms with Crippen molar-refractivity contribution in [2.75, 3.05) is 0 Å². The van der Waals surface area contributed by atoms with Crippen molar-refractivity contribution < 1.29 is 13.6 Å². The summed E-state index contributed by atoms with van der Waals surface area (Å²) < 4.78 is 27.1. The molecule has 0 amide bonds. The van der Waals surface area contributed by atoms with Crippen molar-refractivity contribution in [3.8, 4) is 0 Å². The van der Waals surface area contributed by atoms with E-state index in [0.29, 0.717) is 5.56 Å². The fourth-order valence-electron chi connectivity index (χ4n) is 1.67. The maximum absolute atomic E-state index is 13.7. The third-order valence-corrected chi connectivity index (χ3v) is 2.80. The Balaban J connectivity index is 2.54. The first-order chi connectivity index (χ1) is 8.52. The van der Waals surface area contributed by atoms with Crippen LogP contribution in [0.2, 0.25) is 0 Å². The van der Waals surface area contributed by atoms with Crippen molar-refractivity contribution in [2.45, 2.75) is 13.8 Å². The van der Waals surface area contributed by atoms with Gasteiger partial charge in [0, 0.05) is 18.0 Å². The summed E-state index contributed by atoms with van der Waals surface area (Å²) in [5, 5.41) is 0. The second-order valence-electron chi connectivity index (χ2n) is 4.08. The van der Waals surface area contributed by atoms with E-state index in [1.54, 1.807) is 13.0 Å². The van der Waals surface area contributed by atoms with Crippen molar-refractivity contribution in [1.82, 2.24) is 4.98 Å². The molecule has 1 heterocycles. The molecule has 0 bridgehead atoms. The maximum atomic E-state index is 13.7. The zero-order chi connectivity index (χ0) is 13.3. The monoisotopic (exact) mass is 247 g/mol. The first-order valence-corrected chi connectivity index (χ1v) is 5.42. The van der Waals surface area contributed by atoms with Gasteiger partial charge in [0.05, 0.1) is 5.56 Å². The van der Waals surface area contributed by atoms with E-state index in [1.807, 2.05) is 0 Å². The average Bonchev–Trinajstić information content (AvgIpc) is 2.36. The molecule has 92 valence electrons. The third-order valence-electron chi connectivity index (χ3n) is 2.80. The molecular weight excluding hydrogens is 236 g/mol. The number of hydrogen-bond donors (Lipinski definition) is 0. The third kappa shape index (κ3) is 2.01. The topological polar surface area (TPSA) is 30.0 Å². The highest BCUT2D eigenvalue weighted by molar-refractivity contribution is 6.09. The van der Waals surface area contributed by atoms with Gasteiger partial charge < -0.3 is 0 Å². The minimum atomic E-state index is -1.11. The van der Waals surface area contributed by atoms with E-state index in [9.17, 15) is 13.6 Å². The van der Waals surface area contributed by atoms with Gasteiger partial charge in [-0.1, -0.05) is 6.07 Å². The van der Waals surface area contributed by atoms with Crippen LogP contribution in [0.3, 0.4) is 0 Å². The number of aromatic nitrogens is 1. The number of benzene rings is 1. The number of carbonyl (C=O) groups excluding carboxylic acids is 1. The zero-order valence-corrected chi connectivity index (χ0v) is 10.00. The van der Waals surface area contributed by atoms with Gasteiger partial charge in [-0.05, 0) is 37.1 Å². The minimum absolute atomic E-state index is 0.173. The molecule has 0 radical (unpaired) electrons. The summed E-state index contributed by atoms with van der Waals surface area (Å²) in [7, 11) is 0. The summed E-state index contributed by atoms with van der Waals surface area (Å²) in [6, 6.07) is 4.33. The lowest BCUT2D eigenvalue weighted by molar-refractivity contribution is 0.103. The van der Waals surface area contributed by atoms with E-state index < -0.39 is 17.4 Å². The predicted molar refractivity (Wildman–Crippen MR) is 63.5 cm³/mol. The van der Waals surface area contributed by atoms with Crippen LogP contribution >= 0.6 is 0 Å². The summed E-state index contributed by atoms with van der Waals surface area (Å²) in [5.41, 5.74) is 0.858. The summed E-state index contributed by atoms with van der Waals surface area (Å²) in [5.74, 6) is -2.65. The van der Waals surface area contributed by atoms with Crippen molar-refractivity contribution in [3.63, 3.8) is 0 Å². The first kappa shape index (κ1) is 12.4. The van der Waals surface area contributed by atoms with Gasteiger partial charge in [-0.15, -0.1) is 0 Å². The highest BCUT2D eigenvalue weighted by atomic mass is 19.2. The molecule has 0 atom stereocenters. The Morgan fingerprint density at radius 1 is 1.00 bits per heavy atom. The van der Waals surface area contributed by atoms with Crippen LogP contribution in [0, 0.1) is 25.5 Å². The molecule has 2 aromatic rings. The second kappa shape index (κ2) is 4.64. The number of nitrogens with zero attached hydrogens (tertiary/aromatic N) is 1. The quantitative estimate of drug-likeness (QED) is 0.763. The van der Waals surface area contributed by atoms with Crippen LogP contribution in [0.1, 0.15) is 27.0 Å². The lowest BCUT2D eigenvalue weighted by atomic mass is 9.99. The van der Waals surface area contributed by atoms with E-state index in [-0.39, 0.29) is 16.7 Å². The summed E-state index contributed by atoms with van der Waals surface area (Å²) in [6.07, 6.45) is 2.90. The molecule has 2 rings (SSSR count). The van der Waals surface area contributed by atoms with Crippen LogP contribution in [-0.2, 0) is 0 Å². The lowest BCUT2D eigenvalue weighted by Gasteiger charge is -2.07. The van der Waals surface area contributed by atoms with Crippen LogP contribution in [0.15, 0.2) is 30.6 Å². The zero-order valence-electron chi connectivity index (χ0n) is 10.00. The summed E-state index contributed by atoms with van der Waals surface area (Å²) in [6.45, 7) is 3.17. The molecule has 18 heavy (non-hydrogen) atoms. The molecule has 2 nitrogen and oxygen atoms in total. The molecule has 0 unspecified atom stereocenters. The molecule has 1 aromatic carbocycles. The molecule has 0 aliphatic heterocycles. The number of halogens is 2. The average molecular weight is 247 g/mol. The smallest absolute Gasteiger partial charge is 0.197 e. The summed E-state index contributed by atoms with van der Waals surface area (Å²) >= 11 is 0. The maximum Gasteiger partial charge on any atom is 0.197 e. The standard InChI is InChI=1S/C14H11F2NO/c1-8-5-6-17-7-11(8)14(18)10-4-3-9(2)12(15)13(10)16/h3-7H,1-2H3. The molecule has 0 fully saturated rings. The molecule has 4 heteroatoms. The van der Waals surface area contributed by atoms with Gasteiger partial charge in [0.15, 0.2) is 17.4 Å². The Kier molecular flexibility index (Phi) is 3.19. The van der Waals surface area contributed by atoms with Gasteiger partial charge in [-0.3, -0.25) is 9.78 Å². The van der Waals surface area contributed by atoms with E-state index in [0.717, 1.165) is 0 Å². The number of hydrogen-bond acceptors (Lipinski definition) is 2. The molecule has 1 aromatic heterocycles. The molecule has 0 saturated carbocycles. The first-order valence-electron chi connectivity index (χ1n) is 5.42. The molecule has 0 N–H and O–H groups in total. The van der Waals surface area contributed by atoms with Crippen LogP contribution in [0.4, 0.5) is 8.78 Å². The molecule has 0 aliphatic carbocycles. The van der Waals surface area contributed by atoms with E-state index in [2.05, 4.69) is 4.98 Å². The largest absolute Gasteiger partial charge is 0.288 e. The highest BCUT2D eigenvalue weighted by Crippen LogP contribution is 2.19. The number of ketones is 1. The minimum Gasteiger partial charge on any atom is -0.288 e. The highest BCUT2D eigenvalue weighted by Gasteiger charge is 2.19. The van der Waals surface area contributed by atoms with Gasteiger partial charge in [0.25, 0.3) is 0 Å². The molecule has 0 saturated heterocycles. The lowest BCUT2D eigenvalue weighted by Crippen LogP contribution is -2.08. The number of pyridine rings is 1. The molecular formula is C14H11F2NO. The number of carbonyl (C=O) groups is 1. The second-order valence-corrected chi connectivity index (χ2v) is 4.08. The Hall–Kier alpha value is -2.10. The van der Waals surface area contributed by atoms with Crippen LogP contribution in [0.25, 0.3) is 0 Å². The number of aryl methyl sites for hydroxylation is 2. The Morgan fingerprint density at radius 2 is 1.72 bits per heavy atom. The van der Waals surface area contributed by atoms with E-state index >= 15 is 0 Å². The molecule has 0 spiro atoms. The Bertz CT molecular complexity index is 623. The predicted octanol–water partition coefficient (Wildman–Crippen LogP) is 3.21. The van der Waals surface area contributed by atoms with Crippen molar-refractivity contribution >= 4 is 5.78 Å². The SMILES string of the molecule is Cc1ccncc1C(=O)c1ccc(C)c(F)c1F. The Labute approximate surface area is 103 Å². The van der Waals surface area contributed by atoms with Gasteiger partial charge in [0.2, 0.25) is 0 Å². The summed E-state index contributed by atoms with van der Waals surface area (Å²) in [4.78, 5) is 15.9. The van der Waals surface area contributed by atoms with Gasteiger partial charge >= 0.3 is 0 Å². The Morgan fingerprint density at radius 3 is 2.39 bits per heavy atom. The van der Waals surface area contributed by atoms with Gasteiger partial charge in [0.1, 0.15) is 0 Å². The fourth-order valence-corrected chi connectivity index (χ4v) is 1.67. The fraction of sp³-hybridized carbons (Fsp3) is 0.143. The van der Waals surface area contributed by atoms with Gasteiger partial charge in [-0.25, -0.2) is 8.78 Å². The van der Waals surface area contributed by atoms with Crippen LogP contribution in [-0.4, -0.2) is 10.8 Å². The van der Waals surface area contributed by atoms with Crippen molar-refractivity contribution in [1.29, 1.82) is 0 Å². The van der Waals surface area contributed by atoms with Crippen molar-refractivity contribution in [3.05, 3.63) is 64.5 Å². The van der Waals surface area contributed by atoms with E-state index in [1.165, 1.54) is 31.5 Å². The molecule has 0 aliphatic rings. The van der Waals surface area contributed by atoms with E-state index in [4.69, 9.17) is 0 Å². The van der Waals surface area contributed by atoms with Crippen molar-refractivity contribution in [2.24, 2.45) is 0 Å². The number of rotatable bonds is 2. The van der Waals surface area contributed by atoms with Crippen LogP contribution < -0.4 is 0 Å².